The van der Waals surface area contributed by atoms with Crippen molar-refractivity contribution in [3.05, 3.63) is 0 Å². The van der Waals surface area contributed by atoms with Crippen LogP contribution in [0, 0.1) is 5.41 Å². The molecule has 5 nitrogen and oxygen atoms in total. The number of amides is 3. The Balaban J connectivity index is 2.23. The molecule has 1 atom stereocenters. The van der Waals surface area contributed by atoms with Gasteiger partial charge in [-0.1, -0.05) is 0 Å². The van der Waals surface area contributed by atoms with Gasteiger partial charge in [-0.25, -0.2) is 0 Å². The number of carbonyl (C=O) groups excluding carboxylic acids is 3. The lowest BCUT2D eigenvalue weighted by Crippen LogP contribution is -2.51. The van der Waals surface area contributed by atoms with Crippen molar-refractivity contribution in [3.63, 3.8) is 0 Å². The van der Waals surface area contributed by atoms with Crippen LogP contribution in [0.4, 0.5) is 0 Å². The lowest BCUT2D eigenvalue weighted by molar-refractivity contribution is -0.142. The molecule has 2 fully saturated rings. The molecule has 2 aliphatic rings. The number of nitrogens with one attached hydrogen (secondary N) is 1. The van der Waals surface area contributed by atoms with Crippen LogP contribution in [0.15, 0.2) is 0 Å². The summed E-state index contributed by atoms with van der Waals surface area (Å²) in [5, 5.41) is 2.35. The fraction of sp³-hybridized carbons (Fsp3) is 0.750. The van der Waals surface area contributed by atoms with Crippen molar-refractivity contribution in [1.29, 1.82) is 0 Å². The van der Waals surface area contributed by atoms with E-state index in [9.17, 15) is 14.4 Å². The van der Waals surface area contributed by atoms with Crippen LogP contribution in [-0.2, 0) is 14.4 Å². The predicted octanol–water partition coefficient (Wildman–Crippen LogP) is 0.440. The molecule has 5 heteroatoms. The van der Waals surface area contributed by atoms with Crippen LogP contribution in [-0.4, -0.2) is 34.7 Å². The normalized spacial score (nSPS) is 30.1. The van der Waals surface area contributed by atoms with E-state index in [0.717, 1.165) is 0 Å². The molecule has 0 radical (unpaired) electrons. The third kappa shape index (κ3) is 1.94. The minimum absolute atomic E-state index is 0.00185. The smallest absolute Gasteiger partial charge is 0.235 e. The Morgan fingerprint density at radius 2 is 1.88 bits per heavy atom. The molecule has 2 rings (SSSR count). The van der Waals surface area contributed by atoms with E-state index in [1.165, 1.54) is 0 Å². The van der Waals surface area contributed by atoms with Gasteiger partial charge in [0.1, 0.15) is 0 Å². The highest BCUT2D eigenvalue weighted by atomic mass is 16.2. The highest BCUT2D eigenvalue weighted by molar-refractivity contribution is 6.03. The van der Waals surface area contributed by atoms with Crippen molar-refractivity contribution < 1.29 is 14.4 Å². The summed E-state index contributed by atoms with van der Waals surface area (Å²) in [5.41, 5.74) is -0.958. The molecule has 2 heterocycles. The van der Waals surface area contributed by atoms with E-state index in [1.54, 1.807) is 4.90 Å². The second-order valence-corrected chi connectivity index (χ2v) is 5.99. The molecule has 17 heavy (non-hydrogen) atoms. The summed E-state index contributed by atoms with van der Waals surface area (Å²) in [6.45, 7) is 6.29. The first kappa shape index (κ1) is 12.1. The second-order valence-electron chi connectivity index (χ2n) is 5.99. The van der Waals surface area contributed by atoms with Crippen molar-refractivity contribution in [2.45, 2.75) is 45.6 Å². The van der Waals surface area contributed by atoms with Gasteiger partial charge in [0, 0.05) is 24.9 Å². The monoisotopic (exact) mass is 238 g/mol. The molecule has 0 aliphatic carbocycles. The second kappa shape index (κ2) is 3.55. The Hall–Kier alpha value is -1.39. The maximum Gasteiger partial charge on any atom is 0.235 e. The molecular weight excluding hydrogens is 220 g/mol. The summed E-state index contributed by atoms with van der Waals surface area (Å²) in [4.78, 5) is 36.8. The van der Waals surface area contributed by atoms with Gasteiger partial charge in [0.05, 0.1) is 5.41 Å². The van der Waals surface area contributed by atoms with E-state index in [-0.39, 0.29) is 29.7 Å². The molecule has 3 amide bonds. The third-order valence-electron chi connectivity index (χ3n) is 3.63. The molecule has 0 aromatic heterocycles. The van der Waals surface area contributed by atoms with Gasteiger partial charge in [0.25, 0.3) is 0 Å². The van der Waals surface area contributed by atoms with Gasteiger partial charge in [0.15, 0.2) is 0 Å². The molecule has 0 aromatic rings. The van der Waals surface area contributed by atoms with Crippen LogP contribution < -0.4 is 5.32 Å². The predicted molar refractivity (Wildman–Crippen MR) is 60.9 cm³/mol. The van der Waals surface area contributed by atoms with Crippen LogP contribution in [0.25, 0.3) is 0 Å². The fourth-order valence-corrected chi connectivity index (χ4v) is 2.55. The SMILES string of the molecule is CC(C)(C)N1CC2(CCC(=O)NC2=O)CC1=O. The number of carbonyl (C=O) groups is 3. The van der Waals surface area contributed by atoms with Crippen LogP contribution in [0.3, 0.4) is 0 Å². The van der Waals surface area contributed by atoms with Crippen LogP contribution >= 0.6 is 0 Å². The van der Waals surface area contributed by atoms with Gasteiger partial charge in [-0.15, -0.1) is 0 Å². The van der Waals surface area contributed by atoms with Crippen molar-refractivity contribution in [1.82, 2.24) is 10.2 Å². The van der Waals surface area contributed by atoms with Crippen molar-refractivity contribution >= 4 is 17.7 Å². The maximum atomic E-state index is 12.0. The number of nitrogens with zero attached hydrogens (tertiary/aromatic N) is 1. The van der Waals surface area contributed by atoms with Crippen molar-refractivity contribution in [3.8, 4) is 0 Å². The van der Waals surface area contributed by atoms with Crippen molar-refractivity contribution in [2.24, 2.45) is 5.41 Å². The Morgan fingerprint density at radius 3 is 2.35 bits per heavy atom. The van der Waals surface area contributed by atoms with E-state index >= 15 is 0 Å². The molecule has 2 aliphatic heterocycles. The van der Waals surface area contributed by atoms with Gasteiger partial charge < -0.3 is 4.90 Å². The van der Waals surface area contributed by atoms with E-state index in [1.807, 2.05) is 20.8 Å². The Kier molecular flexibility index (Phi) is 2.52. The average Bonchev–Trinajstić information content (AvgIpc) is 2.51. The maximum absolute atomic E-state index is 12.0. The summed E-state index contributed by atoms with van der Waals surface area (Å²) >= 11 is 0. The third-order valence-corrected chi connectivity index (χ3v) is 3.63. The summed E-state index contributed by atoms with van der Waals surface area (Å²) < 4.78 is 0. The highest BCUT2D eigenvalue weighted by Gasteiger charge is 2.53. The number of hydrogen-bond acceptors (Lipinski definition) is 3. The molecule has 1 N–H and O–H groups in total. The molecule has 1 unspecified atom stereocenters. The first-order valence-corrected chi connectivity index (χ1v) is 5.89. The van der Waals surface area contributed by atoms with Gasteiger partial charge in [-0.05, 0) is 27.2 Å². The zero-order valence-electron chi connectivity index (χ0n) is 10.5. The van der Waals surface area contributed by atoms with Crippen molar-refractivity contribution in [2.75, 3.05) is 6.54 Å². The first-order chi connectivity index (χ1) is 7.74. The van der Waals surface area contributed by atoms with Gasteiger partial charge in [-0.3, -0.25) is 19.7 Å². The molecular formula is C12H18N2O3. The van der Waals surface area contributed by atoms with Gasteiger partial charge in [0.2, 0.25) is 17.7 Å². The molecule has 0 bridgehead atoms. The zero-order valence-corrected chi connectivity index (χ0v) is 10.5. The molecule has 94 valence electrons. The van der Waals surface area contributed by atoms with Crippen LogP contribution in [0.2, 0.25) is 0 Å². The molecule has 2 saturated heterocycles. The highest BCUT2D eigenvalue weighted by Crippen LogP contribution is 2.40. The molecule has 0 aromatic carbocycles. The Bertz CT molecular complexity index is 397. The van der Waals surface area contributed by atoms with Crippen LogP contribution in [0.5, 0.6) is 0 Å². The van der Waals surface area contributed by atoms with E-state index in [2.05, 4.69) is 5.32 Å². The standard InChI is InChI=1S/C12H18N2O3/c1-11(2,3)14-7-12(6-9(14)16)5-4-8(15)13-10(12)17/h4-7H2,1-3H3,(H,13,15,17). The van der Waals surface area contributed by atoms with E-state index in [4.69, 9.17) is 0 Å². The Labute approximate surface area is 101 Å². The molecule has 1 spiro atoms. The number of piperidine rings is 1. The summed E-state index contributed by atoms with van der Waals surface area (Å²) in [7, 11) is 0. The minimum Gasteiger partial charge on any atom is -0.337 e. The van der Waals surface area contributed by atoms with Crippen LogP contribution in [0.1, 0.15) is 40.0 Å². The van der Waals surface area contributed by atoms with E-state index in [0.29, 0.717) is 19.4 Å². The number of hydrogen-bond donors (Lipinski definition) is 1. The number of rotatable bonds is 0. The Morgan fingerprint density at radius 1 is 1.24 bits per heavy atom. The van der Waals surface area contributed by atoms with Gasteiger partial charge in [-0.2, -0.15) is 0 Å². The topological polar surface area (TPSA) is 66.5 Å². The lowest BCUT2D eigenvalue weighted by atomic mass is 9.79. The number of likely N-dealkylation sites (tertiary alicyclic amines) is 1. The summed E-state index contributed by atoms with van der Waals surface area (Å²) in [5.74, 6) is -0.516. The van der Waals surface area contributed by atoms with E-state index < -0.39 is 5.41 Å². The van der Waals surface area contributed by atoms with Gasteiger partial charge >= 0.3 is 0 Å². The first-order valence-electron chi connectivity index (χ1n) is 5.89. The quantitative estimate of drug-likeness (QED) is 0.623. The largest absolute Gasteiger partial charge is 0.337 e. The minimum atomic E-state index is -0.682. The fourth-order valence-electron chi connectivity index (χ4n) is 2.55. The molecule has 0 saturated carbocycles. The zero-order chi connectivity index (χ0) is 12.8. The lowest BCUT2D eigenvalue weighted by Gasteiger charge is -2.35. The summed E-state index contributed by atoms with van der Waals surface area (Å²) in [6.07, 6.45) is 1.04. The summed E-state index contributed by atoms with van der Waals surface area (Å²) in [6, 6.07) is 0. The average molecular weight is 238 g/mol. The number of imide groups is 1.